The molecule has 0 spiro atoms. The lowest BCUT2D eigenvalue weighted by atomic mass is 10.2. The van der Waals surface area contributed by atoms with Gasteiger partial charge >= 0.3 is 0 Å². The van der Waals surface area contributed by atoms with Gasteiger partial charge in [-0.2, -0.15) is 20.4 Å². The summed E-state index contributed by atoms with van der Waals surface area (Å²) in [7, 11) is 0. The van der Waals surface area contributed by atoms with Crippen molar-refractivity contribution >= 4 is 12.7 Å². The molecule has 0 atom stereocenters. The molecule has 0 aliphatic rings. The second-order valence-corrected chi connectivity index (χ2v) is 2.90. The Hall–Kier alpha value is -1.86. The van der Waals surface area contributed by atoms with Gasteiger partial charge in [0.1, 0.15) is 0 Å². The Morgan fingerprint density at radius 1 is 0.688 bits per heavy atom. The molecule has 90 valence electrons. The molecule has 0 unspecified atom stereocenters. The summed E-state index contributed by atoms with van der Waals surface area (Å²) in [4.78, 5) is 0. The van der Waals surface area contributed by atoms with Gasteiger partial charge in [0.25, 0.3) is 0 Å². The van der Waals surface area contributed by atoms with Crippen LogP contribution < -0.4 is 11.7 Å². The molecule has 0 aromatic carbocycles. The average Bonchev–Trinajstić information content (AvgIpc) is 2.31. The molecule has 0 bridgehead atoms. The molecular formula is C8H18N8. The number of azo groups is 2. The van der Waals surface area contributed by atoms with E-state index in [0.717, 1.165) is 25.7 Å². The predicted molar refractivity (Wildman–Crippen MR) is 63.3 cm³/mol. The normalized spacial score (nSPS) is 12.8. The Labute approximate surface area is 94.6 Å². The lowest BCUT2D eigenvalue weighted by Gasteiger charge is -1.94. The molecule has 0 aliphatic carbocycles. The first-order valence-corrected chi connectivity index (χ1v) is 5.08. The van der Waals surface area contributed by atoms with Gasteiger partial charge < -0.3 is 11.7 Å². The van der Waals surface area contributed by atoms with Crippen molar-refractivity contribution in [2.45, 2.75) is 25.7 Å². The van der Waals surface area contributed by atoms with Gasteiger partial charge in [0.2, 0.25) is 0 Å². The van der Waals surface area contributed by atoms with Gasteiger partial charge in [-0.15, -0.1) is 10.2 Å². The van der Waals surface area contributed by atoms with Crippen LogP contribution in [0.2, 0.25) is 0 Å². The van der Waals surface area contributed by atoms with Gasteiger partial charge in [0.05, 0.1) is 13.1 Å². The lowest BCUT2D eigenvalue weighted by Crippen LogP contribution is -1.85. The van der Waals surface area contributed by atoms with E-state index in [1.165, 1.54) is 12.7 Å². The summed E-state index contributed by atoms with van der Waals surface area (Å²) in [6.07, 6.45) is 6.64. The molecule has 0 aliphatic heterocycles. The van der Waals surface area contributed by atoms with E-state index >= 15 is 0 Å². The fourth-order valence-corrected chi connectivity index (χ4v) is 0.967. The zero-order chi connectivity index (χ0) is 11.9. The van der Waals surface area contributed by atoms with Crippen molar-refractivity contribution in [1.82, 2.24) is 0 Å². The lowest BCUT2D eigenvalue weighted by molar-refractivity contribution is 0.642. The monoisotopic (exact) mass is 226 g/mol. The third-order valence-electron chi connectivity index (χ3n) is 1.67. The van der Waals surface area contributed by atoms with Crippen molar-refractivity contribution in [3.63, 3.8) is 0 Å². The highest BCUT2D eigenvalue weighted by atomic mass is 15.2. The zero-order valence-electron chi connectivity index (χ0n) is 9.24. The topological polar surface area (TPSA) is 126 Å². The van der Waals surface area contributed by atoms with Crippen LogP contribution in [0.5, 0.6) is 0 Å². The number of unbranched alkanes of at least 4 members (excludes halogenated alkanes) is 3. The molecule has 4 N–H and O–H groups in total. The van der Waals surface area contributed by atoms with Gasteiger partial charge in [-0.3, -0.25) is 0 Å². The van der Waals surface area contributed by atoms with Crippen LogP contribution in [0.25, 0.3) is 0 Å². The molecule has 16 heavy (non-hydrogen) atoms. The van der Waals surface area contributed by atoms with E-state index in [9.17, 15) is 0 Å². The number of nitrogens with two attached hydrogens (primary N) is 2. The summed E-state index contributed by atoms with van der Waals surface area (Å²) in [6, 6.07) is 0. The molecule has 0 rings (SSSR count). The molecule has 0 fully saturated rings. The third kappa shape index (κ3) is 12.1. The maximum Gasteiger partial charge on any atom is 0.157 e. The predicted octanol–water partition coefficient (Wildman–Crippen LogP) is 1.26. The van der Waals surface area contributed by atoms with Crippen molar-refractivity contribution in [2.24, 2.45) is 42.3 Å². The number of rotatable bonds is 9. The summed E-state index contributed by atoms with van der Waals surface area (Å²) >= 11 is 0. The third-order valence-corrected chi connectivity index (χ3v) is 1.67. The highest BCUT2D eigenvalue weighted by molar-refractivity contribution is 5.53. The van der Waals surface area contributed by atoms with Crippen LogP contribution in [0.15, 0.2) is 30.7 Å². The van der Waals surface area contributed by atoms with Crippen LogP contribution in [0.4, 0.5) is 0 Å². The first kappa shape index (κ1) is 14.1. The number of nitrogens with zero attached hydrogens (tertiary/aromatic N) is 6. The van der Waals surface area contributed by atoms with E-state index in [2.05, 4.69) is 30.7 Å². The molecule has 0 saturated heterocycles. The molecule has 0 aromatic rings. The minimum Gasteiger partial charge on any atom is -0.322 e. The highest BCUT2D eigenvalue weighted by Crippen LogP contribution is 2.00. The maximum absolute atomic E-state index is 4.84. The van der Waals surface area contributed by atoms with Gasteiger partial charge in [-0.25, -0.2) is 0 Å². The second-order valence-electron chi connectivity index (χ2n) is 2.90. The minimum absolute atomic E-state index is 0.702. The van der Waals surface area contributed by atoms with Crippen molar-refractivity contribution in [1.29, 1.82) is 0 Å². The molecular weight excluding hydrogens is 208 g/mol. The van der Waals surface area contributed by atoms with Gasteiger partial charge in [-0.05, 0) is 12.8 Å². The van der Waals surface area contributed by atoms with E-state index < -0.39 is 0 Å². The Morgan fingerprint density at radius 3 is 1.50 bits per heavy atom. The Balaban J connectivity index is 3.15. The highest BCUT2D eigenvalue weighted by Gasteiger charge is 1.88. The quantitative estimate of drug-likeness (QED) is 0.153. The molecule has 0 heterocycles. The Kier molecular flexibility index (Phi) is 11.6. The molecule has 8 heteroatoms. The summed E-state index contributed by atoms with van der Waals surface area (Å²) < 4.78 is 0. The summed E-state index contributed by atoms with van der Waals surface area (Å²) in [5, 5.41) is 21.3. The molecule has 8 nitrogen and oxygen atoms in total. The van der Waals surface area contributed by atoms with Crippen molar-refractivity contribution in [3.8, 4) is 0 Å². The van der Waals surface area contributed by atoms with Gasteiger partial charge in [-0.1, -0.05) is 12.8 Å². The molecule has 0 radical (unpaired) electrons. The maximum atomic E-state index is 4.84. The number of hydrogen-bond acceptors (Lipinski definition) is 6. The average molecular weight is 226 g/mol. The largest absolute Gasteiger partial charge is 0.322 e. The minimum atomic E-state index is 0.702. The van der Waals surface area contributed by atoms with Crippen LogP contribution in [0.1, 0.15) is 25.7 Å². The van der Waals surface area contributed by atoms with Crippen molar-refractivity contribution in [2.75, 3.05) is 13.1 Å². The first-order chi connectivity index (χ1) is 7.91. The van der Waals surface area contributed by atoms with E-state index in [1.54, 1.807) is 0 Å². The summed E-state index contributed by atoms with van der Waals surface area (Å²) in [5.74, 6) is 9.68. The number of hydrazone groups is 2. The Bertz CT molecular complexity index is 218. The molecule has 0 amide bonds. The van der Waals surface area contributed by atoms with Crippen molar-refractivity contribution < 1.29 is 0 Å². The SMILES string of the molecule is NN=CN=NCCCCCCN=NC=NN. The van der Waals surface area contributed by atoms with E-state index in [4.69, 9.17) is 11.7 Å². The van der Waals surface area contributed by atoms with Crippen LogP contribution in [-0.2, 0) is 0 Å². The van der Waals surface area contributed by atoms with Crippen molar-refractivity contribution in [3.05, 3.63) is 0 Å². The van der Waals surface area contributed by atoms with Gasteiger partial charge in [0.15, 0.2) is 12.7 Å². The van der Waals surface area contributed by atoms with Crippen LogP contribution in [-0.4, -0.2) is 25.8 Å². The molecule has 0 saturated carbocycles. The van der Waals surface area contributed by atoms with Crippen LogP contribution >= 0.6 is 0 Å². The fraction of sp³-hybridized carbons (Fsp3) is 0.750. The smallest absolute Gasteiger partial charge is 0.157 e. The van der Waals surface area contributed by atoms with E-state index in [1.807, 2.05) is 0 Å². The Morgan fingerprint density at radius 2 is 1.12 bits per heavy atom. The van der Waals surface area contributed by atoms with E-state index in [0.29, 0.717) is 13.1 Å². The summed E-state index contributed by atoms with van der Waals surface area (Å²) in [5.41, 5.74) is 0. The van der Waals surface area contributed by atoms with Gasteiger partial charge in [0, 0.05) is 0 Å². The molecule has 0 aromatic heterocycles. The number of hydrogen-bond donors (Lipinski definition) is 2. The fourth-order valence-electron chi connectivity index (χ4n) is 0.967. The van der Waals surface area contributed by atoms with E-state index in [-0.39, 0.29) is 0 Å². The summed E-state index contributed by atoms with van der Waals surface area (Å²) in [6.45, 7) is 1.40. The first-order valence-electron chi connectivity index (χ1n) is 5.08. The van der Waals surface area contributed by atoms with Crippen LogP contribution in [0.3, 0.4) is 0 Å². The standard InChI is InChI=1S/C8H18N8/c9-11-7-15-13-5-3-1-2-4-6-14-16-8-12-10/h7-8H,1-6,9-10H2. The van der Waals surface area contributed by atoms with Crippen LogP contribution in [0, 0.1) is 0 Å². The second kappa shape index (κ2) is 13.1. The zero-order valence-corrected chi connectivity index (χ0v) is 9.24.